The van der Waals surface area contributed by atoms with Gasteiger partial charge in [-0.2, -0.15) is 0 Å². The van der Waals surface area contributed by atoms with E-state index in [1.54, 1.807) is 0 Å². The van der Waals surface area contributed by atoms with Crippen LogP contribution in [0.15, 0.2) is 30.3 Å². The Morgan fingerprint density at radius 1 is 1.00 bits per heavy atom. The number of benzene rings is 1. The van der Waals surface area contributed by atoms with Crippen molar-refractivity contribution in [2.24, 2.45) is 11.5 Å². The smallest absolute Gasteiger partial charge is 0.0720 e. The van der Waals surface area contributed by atoms with Gasteiger partial charge in [-0.15, -0.1) is 0 Å². The van der Waals surface area contributed by atoms with Gasteiger partial charge in [0.25, 0.3) is 0 Å². The van der Waals surface area contributed by atoms with E-state index in [-0.39, 0.29) is 18.2 Å². The molecule has 2 unspecified atom stereocenters. The van der Waals surface area contributed by atoms with Gasteiger partial charge in [0.05, 0.1) is 12.7 Å². The van der Waals surface area contributed by atoms with Crippen molar-refractivity contribution in [2.45, 2.75) is 44.1 Å². The van der Waals surface area contributed by atoms with E-state index in [0.29, 0.717) is 6.61 Å². The Hall–Kier alpha value is -0.900. The standard InChI is InChI=1S/C13H20N2O/c14-11-6-12(15)8-13(7-11)16-9-10-4-2-1-3-5-10/h1-5,11-13H,6-9,14-15H2. The first-order valence-electron chi connectivity index (χ1n) is 5.90. The Bertz CT molecular complexity index is 305. The van der Waals surface area contributed by atoms with Crippen LogP contribution in [-0.2, 0) is 11.3 Å². The summed E-state index contributed by atoms with van der Waals surface area (Å²) in [6.07, 6.45) is 3.01. The molecule has 0 heterocycles. The number of nitrogens with two attached hydrogens (primary N) is 2. The molecular weight excluding hydrogens is 200 g/mol. The van der Waals surface area contributed by atoms with Gasteiger partial charge in [0.1, 0.15) is 0 Å². The lowest BCUT2D eigenvalue weighted by atomic mass is 9.90. The summed E-state index contributed by atoms with van der Waals surface area (Å²) < 4.78 is 5.85. The van der Waals surface area contributed by atoms with Crippen LogP contribution in [0.3, 0.4) is 0 Å². The highest BCUT2D eigenvalue weighted by molar-refractivity contribution is 5.13. The molecular formula is C13H20N2O. The van der Waals surface area contributed by atoms with Crippen LogP contribution in [0.1, 0.15) is 24.8 Å². The topological polar surface area (TPSA) is 61.3 Å². The molecule has 1 aliphatic carbocycles. The molecule has 0 spiro atoms. The largest absolute Gasteiger partial charge is 0.373 e. The fourth-order valence-corrected chi connectivity index (χ4v) is 2.28. The van der Waals surface area contributed by atoms with Crippen LogP contribution in [0.5, 0.6) is 0 Å². The molecule has 16 heavy (non-hydrogen) atoms. The van der Waals surface area contributed by atoms with E-state index in [4.69, 9.17) is 16.2 Å². The van der Waals surface area contributed by atoms with E-state index in [1.165, 1.54) is 5.56 Å². The van der Waals surface area contributed by atoms with E-state index in [0.717, 1.165) is 19.3 Å². The third-order valence-corrected chi connectivity index (χ3v) is 3.07. The highest BCUT2D eigenvalue weighted by Crippen LogP contribution is 2.20. The van der Waals surface area contributed by atoms with Crippen molar-refractivity contribution in [1.82, 2.24) is 0 Å². The SMILES string of the molecule is NC1CC(N)CC(OCc2ccccc2)C1. The lowest BCUT2D eigenvalue weighted by Gasteiger charge is -2.31. The number of hydrogen-bond donors (Lipinski definition) is 2. The Balaban J connectivity index is 1.81. The van der Waals surface area contributed by atoms with E-state index < -0.39 is 0 Å². The molecule has 0 bridgehead atoms. The Kier molecular flexibility index (Phi) is 3.93. The molecule has 1 fully saturated rings. The number of hydrogen-bond acceptors (Lipinski definition) is 3. The second-order valence-corrected chi connectivity index (χ2v) is 4.65. The summed E-state index contributed by atoms with van der Waals surface area (Å²) in [5.74, 6) is 0. The molecule has 4 N–H and O–H groups in total. The maximum atomic E-state index is 5.92. The Morgan fingerprint density at radius 2 is 1.62 bits per heavy atom. The highest BCUT2D eigenvalue weighted by atomic mass is 16.5. The molecule has 2 atom stereocenters. The van der Waals surface area contributed by atoms with Crippen LogP contribution in [0.2, 0.25) is 0 Å². The van der Waals surface area contributed by atoms with Crippen LogP contribution >= 0.6 is 0 Å². The van der Waals surface area contributed by atoms with E-state index in [2.05, 4.69) is 12.1 Å². The lowest BCUT2D eigenvalue weighted by Crippen LogP contribution is -2.42. The molecule has 0 saturated heterocycles. The molecule has 2 rings (SSSR count). The first-order valence-corrected chi connectivity index (χ1v) is 5.90. The average molecular weight is 220 g/mol. The van der Waals surface area contributed by atoms with Crippen molar-refractivity contribution in [3.8, 4) is 0 Å². The minimum atomic E-state index is 0.199. The number of ether oxygens (including phenoxy) is 1. The van der Waals surface area contributed by atoms with Gasteiger partial charge >= 0.3 is 0 Å². The molecule has 1 aromatic carbocycles. The van der Waals surface area contributed by atoms with Crippen molar-refractivity contribution in [1.29, 1.82) is 0 Å². The summed E-state index contributed by atoms with van der Waals surface area (Å²) in [6.45, 7) is 0.658. The molecule has 3 heteroatoms. The van der Waals surface area contributed by atoms with Gasteiger partial charge < -0.3 is 16.2 Å². The quantitative estimate of drug-likeness (QED) is 0.809. The van der Waals surface area contributed by atoms with Gasteiger partial charge in [-0.05, 0) is 24.8 Å². The lowest BCUT2D eigenvalue weighted by molar-refractivity contribution is 0.00743. The summed E-state index contributed by atoms with van der Waals surface area (Å²) in [6, 6.07) is 10.6. The maximum Gasteiger partial charge on any atom is 0.0720 e. The normalized spacial score (nSPS) is 30.2. The summed E-state index contributed by atoms with van der Waals surface area (Å²) >= 11 is 0. The van der Waals surface area contributed by atoms with Crippen molar-refractivity contribution < 1.29 is 4.74 Å². The van der Waals surface area contributed by atoms with Crippen LogP contribution in [0, 0.1) is 0 Å². The van der Waals surface area contributed by atoms with Crippen LogP contribution in [0.25, 0.3) is 0 Å². The van der Waals surface area contributed by atoms with Crippen molar-refractivity contribution in [3.63, 3.8) is 0 Å². The molecule has 0 aromatic heterocycles. The molecule has 1 aromatic rings. The minimum absolute atomic E-state index is 0.199. The summed E-state index contributed by atoms with van der Waals surface area (Å²) in [5, 5.41) is 0. The zero-order valence-electron chi connectivity index (χ0n) is 9.51. The van der Waals surface area contributed by atoms with Crippen molar-refractivity contribution in [2.75, 3.05) is 0 Å². The monoisotopic (exact) mass is 220 g/mol. The van der Waals surface area contributed by atoms with E-state index >= 15 is 0 Å². The highest BCUT2D eigenvalue weighted by Gasteiger charge is 2.24. The molecule has 0 radical (unpaired) electrons. The minimum Gasteiger partial charge on any atom is -0.373 e. The van der Waals surface area contributed by atoms with Crippen molar-refractivity contribution in [3.05, 3.63) is 35.9 Å². The first kappa shape index (κ1) is 11.6. The predicted molar refractivity (Wildman–Crippen MR) is 64.8 cm³/mol. The fourth-order valence-electron chi connectivity index (χ4n) is 2.28. The van der Waals surface area contributed by atoms with Gasteiger partial charge in [-0.3, -0.25) is 0 Å². The average Bonchev–Trinajstić information content (AvgIpc) is 2.27. The first-order chi connectivity index (χ1) is 7.74. The molecule has 1 aliphatic rings. The summed E-state index contributed by atoms with van der Waals surface area (Å²) in [5.41, 5.74) is 13.1. The second-order valence-electron chi connectivity index (χ2n) is 4.65. The third kappa shape index (κ3) is 3.30. The third-order valence-electron chi connectivity index (χ3n) is 3.07. The molecule has 88 valence electrons. The van der Waals surface area contributed by atoms with E-state index in [1.807, 2.05) is 18.2 Å². The molecule has 0 amide bonds. The van der Waals surface area contributed by atoms with Crippen LogP contribution in [-0.4, -0.2) is 18.2 Å². The summed E-state index contributed by atoms with van der Waals surface area (Å²) in [4.78, 5) is 0. The van der Waals surface area contributed by atoms with Crippen LogP contribution < -0.4 is 11.5 Å². The second kappa shape index (κ2) is 5.43. The summed E-state index contributed by atoms with van der Waals surface area (Å²) in [7, 11) is 0. The maximum absolute atomic E-state index is 5.92. The molecule has 1 saturated carbocycles. The van der Waals surface area contributed by atoms with Gasteiger partial charge in [0.15, 0.2) is 0 Å². The predicted octanol–water partition coefficient (Wildman–Crippen LogP) is 1.41. The Labute approximate surface area is 96.8 Å². The fraction of sp³-hybridized carbons (Fsp3) is 0.538. The molecule has 3 nitrogen and oxygen atoms in total. The van der Waals surface area contributed by atoms with Crippen LogP contribution in [0.4, 0.5) is 0 Å². The van der Waals surface area contributed by atoms with Crippen molar-refractivity contribution >= 4 is 0 Å². The number of rotatable bonds is 3. The zero-order chi connectivity index (χ0) is 11.4. The van der Waals surface area contributed by atoms with Gasteiger partial charge in [-0.1, -0.05) is 30.3 Å². The van der Waals surface area contributed by atoms with Gasteiger partial charge in [0.2, 0.25) is 0 Å². The van der Waals surface area contributed by atoms with Gasteiger partial charge in [-0.25, -0.2) is 0 Å². The Morgan fingerprint density at radius 3 is 2.25 bits per heavy atom. The molecule has 0 aliphatic heterocycles. The zero-order valence-corrected chi connectivity index (χ0v) is 9.51. The van der Waals surface area contributed by atoms with Gasteiger partial charge in [0, 0.05) is 12.1 Å². The van der Waals surface area contributed by atoms with E-state index in [9.17, 15) is 0 Å².